The fraction of sp³-hybridized carbons (Fsp3) is 0.136. The molecule has 0 spiro atoms. The molecule has 2 atom stereocenters. The van der Waals surface area contributed by atoms with Gasteiger partial charge in [-0.15, -0.1) is 23.1 Å². The van der Waals surface area contributed by atoms with Crippen molar-refractivity contribution in [3.63, 3.8) is 0 Å². The van der Waals surface area contributed by atoms with Gasteiger partial charge in [0, 0.05) is 27.1 Å². The van der Waals surface area contributed by atoms with Crippen LogP contribution in [0.4, 0.5) is 10.7 Å². The molecule has 2 heterocycles. The molecule has 7 rings (SSSR count). The van der Waals surface area contributed by atoms with Gasteiger partial charge in [-0.25, -0.2) is 4.79 Å². The quantitative estimate of drug-likeness (QED) is 0.0644. The van der Waals surface area contributed by atoms with Gasteiger partial charge < -0.3 is 25.1 Å². The summed E-state index contributed by atoms with van der Waals surface area (Å²) in [6, 6.07) is 38.8. The Kier molecular flexibility index (Phi) is 11.7. The normalized spacial score (nSPS) is 14.3. The van der Waals surface area contributed by atoms with Crippen molar-refractivity contribution in [2.75, 3.05) is 17.7 Å². The summed E-state index contributed by atoms with van der Waals surface area (Å²) < 4.78 is 10.6. The average molecular weight is 768 g/mol. The van der Waals surface area contributed by atoms with E-state index in [-0.39, 0.29) is 11.6 Å². The number of anilines is 2. The number of carbonyl (C=O) groups excluding carboxylic acids is 4. The number of carbonyl (C=O) groups is 4. The first-order valence-corrected chi connectivity index (χ1v) is 19.4. The van der Waals surface area contributed by atoms with Crippen LogP contribution in [-0.4, -0.2) is 30.8 Å². The largest absolute Gasteiger partial charge is 0.465 e. The Hall–Kier alpha value is -6.17. The molecule has 0 fully saturated rings. The van der Waals surface area contributed by atoms with Gasteiger partial charge in [0.2, 0.25) is 5.91 Å². The van der Waals surface area contributed by atoms with E-state index in [9.17, 15) is 19.2 Å². The van der Waals surface area contributed by atoms with E-state index in [1.54, 1.807) is 60.7 Å². The summed E-state index contributed by atoms with van der Waals surface area (Å²) in [5.41, 5.74) is 4.20. The van der Waals surface area contributed by atoms with Crippen LogP contribution in [0.25, 0.3) is 6.08 Å². The highest BCUT2D eigenvalue weighted by Crippen LogP contribution is 2.44. The van der Waals surface area contributed by atoms with Crippen molar-refractivity contribution in [2.45, 2.75) is 35.3 Å². The first-order valence-electron chi connectivity index (χ1n) is 17.7. The number of hydrogen-bond donors (Lipinski definition) is 3. The lowest BCUT2D eigenvalue weighted by Gasteiger charge is -2.22. The van der Waals surface area contributed by atoms with E-state index in [1.165, 1.54) is 48.1 Å². The highest BCUT2D eigenvalue weighted by atomic mass is 32.2. The molecule has 9 nitrogen and oxygen atoms in total. The number of fused-ring (bicyclic) bond motifs is 1. The molecule has 11 heteroatoms. The van der Waals surface area contributed by atoms with Gasteiger partial charge in [0.05, 0.1) is 18.9 Å². The molecule has 0 radical (unpaired) electrons. The smallest absolute Gasteiger partial charge is 0.341 e. The molecule has 0 bridgehead atoms. The summed E-state index contributed by atoms with van der Waals surface area (Å²) in [5, 5.41) is 8.45. The van der Waals surface area contributed by atoms with Gasteiger partial charge in [0.25, 0.3) is 11.8 Å². The number of amides is 3. The van der Waals surface area contributed by atoms with Crippen LogP contribution in [0.3, 0.4) is 0 Å². The van der Waals surface area contributed by atoms with Crippen molar-refractivity contribution in [2.24, 2.45) is 0 Å². The predicted molar refractivity (Wildman–Crippen MR) is 216 cm³/mol. The minimum Gasteiger partial charge on any atom is -0.465 e. The molecule has 4 aromatic carbocycles. The summed E-state index contributed by atoms with van der Waals surface area (Å²) in [6.07, 6.45) is 5.30. The minimum absolute atomic E-state index is 0.0152. The second-order valence-corrected chi connectivity index (χ2v) is 15.1. The van der Waals surface area contributed by atoms with Crippen LogP contribution in [0.1, 0.15) is 65.6 Å². The molecule has 2 aromatic heterocycles. The van der Waals surface area contributed by atoms with E-state index >= 15 is 0 Å². The van der Waals surface area contributed by atoms with Gasteiger partial charge in [-0.3, -0.25) is 14.4 Å². The summed E-state index contributed by atoms with van der Waals surface area (Å²) in [4.78, 5) is 55.9. The lowest BCUT2D eigenvalue weighted by Crippen LogP contribution is -2.30. The van der Waals surface area contributed by atoms with E-state index in [0.29, 0.717) is 44.8 Å². The van der Waals surface area contributed by atoms with E-state index in [2.05, 4.69) is 28.1 Å². The third-order valence-electron chi connectivity index (χ3n) is 9.21. The zero-order valence-electron chi connectivity index (χ0n) is 29.8. The molecular weight excluding hydrogens is 731 g/mol. The molecule has 6 aromatic rings. The summed E-state index contributed by atoms with van der Waals surface area (Å²) in [7, 11) is 1.36. The molecule has 0 aliphatic heterocycles. The summed E-state index contributed by atoms with van der Waals surface area (Å²) in [5.74, 6) is -1.09. The molecule has 276 valence electrons. The number of ether oxygens (including phenoxy) is 1. The van der Waals surface area contributed by atoms with Gasteiger partial charge in [0.1, 0.15) is 21.7 Å². The van der Waals surface area contributed by atoms with Crippen molar-refractivity contribution >= 4 is 63.6 Å². The van der Waals surface area contributed by atoms with Crippen LogP contribution in [0.2, 0.25) is 0 Å². The number of esters is 1. The number of thiophene rings is 1. The highest BCUT2D eigenvalue weighted by Gasteiger charge is 2.32. The third kappa shape index (κ3) is 8.97. The van der Waals surface area contributed by atoms with Crippen molar-refractivity contribution in [3.8, 4) is 0 Å². The SMILES string of the molecule is COC(=O)c1c(NC(=O)C(Sc2cccc(NC(=O)/C(=C/c3ccco3)NC(=O)c3ccccc3)c2)c2ccccc2)sc2c1CCC(c1ccccc1)C2. The van der Waals surface area contributed by atoms with Crippen LogP contribution in [0, 0.1) is 0 Å². The third-order valence-corrected chi connectivity index (χ3v) is 11.6. The molecule has 55 heavy (non-hydrogen) atoms. The number of benzene rings is 4. The van der Waals surface area contributed by atoms with Crippen LogP contribution >= 0.6 is 23.1 Å². The number of nitrogens with one attached hydrogen (secondary N) is 3. The topological polar surface area (TPSA) is 127 Å². The molecule has 3 amide bonds. The molecule has 0 saturated heterocycles. The predicted octanol–water partition coefficient (Wildman–Crippen LogP) is 9.28. The van der Waals surface area contributed by atoms with Gasteiger partial charge in [-0.05, 0) is 84.3 Å². The van der Waals surface area contributed by atoms with Crippen LogP contribution in [0.5, 0.6) is 0 Å². The second kappa shape index (κ2) is 17.3. The van der Waals surface area contributed by atoms with Gasteiger partial charge in [-0.2, -0.15) is 0 Å². The number of rotatable bonds is 12. The maximum atomic E-state index is 14.3. The van der Waals surface area contributed by atoms with Gasteiger partial charge in [-0.1, -0.05) is 84.9 Å². The van der Waals surface area contributed by atoms with Crippen molar-refractivity contribution < 1.29 is 28.3 Å². The average Bonchev–Trinajstić information content (AvgIpc) is 3.87. The molecule has 2 unspecified atom stereocenters. The fourth-order valence-corrected chi connectivity index (χ4v) is 8.92. The Morgan fingerprint density at radius 2 is 1.58 bits per heavy atom. The van der Waals surface area contributed by atoms with Gasteiger partial charge in [0.15, 0.2) is 0 Å². The van der Waals surface area contributed by atoms with Crippen LogP contribution in [0.15, 0.2) is 149 Å². The minimum atomic E-state index is -0.714. The maximum Gasteiger partial charge on any atom is 0.341 e. The Balaban J connectivity index is 1.12. The highest BCUT2D eigenvalue weighted by molar-refractivity contribution is 8.00. The molecule has 3 N–H and O–H groups in total. The molecule has 1 aliphatic carbocycles. The zero-order valence-corrected chi connectivity index (χ0v) is 31.5. The number of thioether (sulfide) groups is 1. The monoisotopic (exact) mass is 767 g/mol. The Morgan fingerprint density at radius 3 is 2.29 bits per heavy atom. The fourth-order valence-electron chi connectivity index (χ4n) is 6.52. The zero-order chi connectivity index (χ0) is 38.1. The molecule has 1 aliphatic rings. The first kappa shape index (κ1) is 37.2. The van der Waals surface area contributed by atoms with Crippen molar-refractivity contribution in [1.29, 1.82) is 0 Å². The van der Waals surface area contributed by atoms with Crippen molar-refractivity contribution in [3.05, 3.63) is 178 Å². The van der Waals surface area contributed by atoms with E-state index in [4.69, 9.17) is 9.15 Å². The van der Waals surface area contributed by atoms with E-state index in [0.717, 1.165) is 28.8 Å². The lowest BCUT2D eigenvalue weighted by atomic mass is 9.83. The second-order valence-electron chi connectivity index (χ2n) is 12.8. The van der Waals surface area contributed by atoms with Crippen LogP contribution < -0.4 is 16.0 Å². The van der Waals surface area contributed by atoms with Gasteiger partial charge >= 0.3 is 5.97 Å². The Labute approximate surface area is 326 Å². The van der Waals surface area contributed by atoms with E-state index < -0.39 is 23.0 Å². The van der Waals surface area contributed by atoms with Crippen LogP contribution in [-0.2, 0) is 27.2 Å². The number of methoxy groups -OCH3 is 1. The molecule has 0 saturated carbocycles. The lowest BCUT2D eigenvalue weighted by molar-refractivity contribution is -0.116. The Bertz CT molecular complexity index is 2320. The first-order chi connectivity index (χ1) is 26.9. The summed E-state index contributed by atoms with van der Waals surface area (Å²) >= 11 is 2.74. The number of furan rings is 1. The Morgan fingerprint density at radius 1 is 0.855 bits per heavy atom. The maximum absolute atomic E-state index is 14.3. The molecular formula is C44H37N3O6S2. The standard InChI is InChI=1S/C44H37N3O6S2/c1-52-44(51)38-35-23-22-31(28-13-5-2-6-14-28)25-37(35)55-43(38)47-42(50)39(29-15-7-3-8-16-29)54-34-21-11-19-32(26-34)45-41(49)36(27-33-20-12-24-53-33)46-40(48)30-17-9-4-10-18-30/h2-21,24,26-27,31,39H,22-23,25H2,1H3,(H,45,49)(H,46,48)(H,47,50)/b36-27-. The summed E-state index contributed by atoms with van der Waals surface area (Å²) in [6.45, 7) is 0. The van der Waals surface area contributed by atoms with E-state index in [1.807, 2.05) is 54.6 Å². The number of hydrogen-bond acceptors (Lipinski definition) is 8. The van der Waals surface area contributed by atoms with Crippen molar-refractivity contribution in [1.82, 2.24) is 5.32 Å².